The Kier molecular flexibility index (Phi) is 7.04. The quantitative estimate of drug-likeness (QED) is 0.463. The van der Waals surface area contributed by atoms with E-state index in [-0.39, 0.29) is 22.8 Å². The number of amides is 1. The zero-order chi connectivity index (χ0) is 24.4. The summed E-state index contributed by atoms with van der Waals surface area (Å²) in [5.41, 5.74) is 1.11. The summed E-state index contributed by atoms with van der Waals surface area (Å²) in [6.45, 7) is 1.90. The number of hydrogen-bond donors (Lipinski definition) is 1. The lowest BCUT2D eigenvalue weighted by molar-refractivity contribution is -0.137. The van der Waals surface area contributed by atoms with Crippen molar-refractivity contribution in [3.05, 3.63) is 94.0 Å². The monoisotopic (exact) mass is 496 g/mol. The van der Waals surface area contributed by atoms with Crippen LogP contribution in [0.3, 0.4) is 0 Å². The molecule has 0 saturated carbocycles. The van der Waals surface area contributed by atoms with Crippen molar-refractivity contribution in [1.29, 1.82) is 0 Å². The van der Waals surface area contributed by atoms with Gasteiger partial charge in [-0.25, -0.2) is 8.42 Å². The van der Waals surface area contributed by atoms with Gasteiger partial charge in [0.2, 0.25) is 10.0 Å². The molecular formula is C23H20ClF3N2O3S. The van der Waals surface area contributed by atoms with E-state index in [4.69, 9.17) is 11.6 Å². The Hall–Kier alpha value is -3.04. The van der Waals surface area contributed by atoms with Crippen molar-refractivity contribution in [2.75, 3.05) is 15.9 Å². The summed E-state index contributed by atoms with van der Waals surface area (Å²) in [4.78, 5) is 12.5. The van der Waals surface area contributed by atoms with Gasteiger partial charge in [0.25, 0.3) is 5.91 Å². The maximum atomic E-state index is 12.9. The molecule has 0 aromatic heterocycles. The van der Waals surface area contributed by atoms with Gasteiger partial charge in [0.15, 0.2) is 0 Å². The molecule has 3 rings (SSSR count). The second-order valence-electron chi connectivity index (χ2n) is 7.45. The Balaban J connectivity index is 1.79. The number of alkyl halides is 3. The molecule has 3 aromatic rings. The highest BCUT2D eigenvalue weighted by Crippen LogP contribution is 2.34. The SMILES string of the molecule is Cc1cccc(N(Cc2ccc(C(=O)Nc3cc(C(F)(F)F)ccc3Cl)cc2)S(C)(=O)=O)c1. The van der Waals surface area contributed by atoms with Crippen LogP contribution in [0.5, 0.6) is 0 Å². The van der Waals surface area contributed by atoms with E-state index in [1.165, 1.54) is 16.4 Å². The first-order chi connectivity index (χ1) is 15.3. The third-order valence-electron chi connectivity index (χ3n) is 4.77. The highest BCUT2D eigenvalue weighted by atomic mass is 35.5. The lowest BCUT2D eigenvalue weighted by Gasteiger charge is -2.23. The molecule has 0 heterocycles. The van der Waals surface area contributed by atoms with Crippen LogP contribution in [0.2, 0.25) is 5.02 Å². The number of nitrogens with zero attached hydrogens (tertiary/aromatic N) is 1. The number of anilines is 2. The van der Waals surface area contributed by atoms with Gasteiger partial charge in [0, 0.05) is 5.56 Å². The second-order valence-corrected chi connectivity index (χ2v) is 9.77. The Morgan fingerprint density at radius 3 is 2.27 bits per heavy atom. The van der Waals surface area contributed by atoms with Crippen LogP contribution in [0.4, 0.5) is 24.5 Å². The van der Waals surface area contributed by atoms with Crippen LogP contribution in [-0.4, -0.2) is 20.6 Å². The third-order valence-corrected chi connectivity index (χ3v) is 6.24. The Morgan fingerprint density at radius 2 is 1.70 bits per heavy atom. The normalized spacial score (nSPS) is 11.8. The fourth-order valence-corrected chi connectivity index (χ4v) is 4.15. The minimum atomic E-state index is -4.57. The van der Waals surface area contributed by atoms with Crippen molar-refractivity contribution in [1.82, 2.24) is 0 Å². The summed E-state index contributed by atoms with van der Waals surface area (Å²) in [5.74, 6) is -0.651. The van der Waals surface area contributed by atoms with E-state index in [1.54, 1.807) is 30.3 Å². The van der Waals surface area contributed by atoms with Crippen LogP contribution in [-0.2, 0) is 22.7 Å². The lowest BCUT2D eigenvalue weighted by atomic mass is 10.1. The molecule has 3 aromatic carbocycles. The number of benzene rings is 3. The topological polar surface area (TPSA) is 66.5 Å². The van der Waals surface area contributed by atoms with Crippen molar-refractivity contribution >= 4 is 38.9 Å². The first-order valence-electron chi connectivity index (χ1n) is 9.66. The van der Waals surface area contributed by atoms with E-state index < -0.39 is 27.7 Å². The lowest BCUT2D eigenvalue weighted by Crippen LogP contribution is -2.29. The number of halogens is 4. The van der Waals surface area contributed by atoms with E-state index in [0.717, 1.165) is 30.0 Å². The molecule has 0 radical (unpaired) electrons. The number of carbonyl (C=O) groups excluding carboxylic acids is 1. The van der Waals surface area contributed by atoms with Crippen molar-refractivity contribution in [3.8, 4) is 0 Å². The van der Waals surface area contributed by atoms with Crippen LogP contribution in [0.15, 0.2) is 66.7 Å². The molecule has 0 spiro atoms. The van der Waals surface area contributed by atoms with Gasteiger partial charge in [0.1, 0.15) is 0 Å². The maximum Gasteiger partial charge on any atom is 0.416 e. The highest BCUT2D eigenvalue weighted by molar-refractivity contribution is 7.92. The molecule has 0 bridgehead atoms. The number of carbonyl (C=O) groups is 1. The molecule has 1 amide bonds. The molecule has 174 valence electrons. The molecule has 5 nitrogen and oxygen atoms in total. The standard InChI is InChI=1S/C23H20ClF3N2O3S/c1-15-4-3-5-19(12-15)29(33(2,31)32)14-16-6-8-17(9-7-16)22(30)28-21-13-18(23(25,26)27)10-11-20(21)24/h3-13H,14H2,1-2H3,(H,28,30). The molecule has 0 atom stereocenters. The van der Waals surface area contributed by atoms with Crippen LogP contribution < -0.4 is 9.62 Å². The Morgan fingerprint density at radius 1 is 1.03 bits per heavy atom. The van der Waals surface area contributed by atoms with Gasteiger partial charge in [-0.3, -0.25) is 9.10 Å². The van der Waals surface area contributed by atoms with Crippen LogP contribution in [0.1, 0.15) is 27.0 Å². The molecule has 0 aliphatic rings. The van der Waals surface area contributed by atoms with E-state index in [9.17, 15) is 26.4 Å². The number of rotatable bonds is 6. The van der Waals surface area contributed by atoms with Gasteiger partial charge >= 0.3 is 6.18 Å². The minimum Gasteiger partial charge on any atom is -0.321 e. The molecule has 0 aliphatic carbocycles. The summed E-state index contributed by atoms with van der Waals surface area (Å²) < 4.78 is 64.7. The van der Waals surface area contributed by atoms with Gasteiger partial charge in [-0.15, -0.1) is 0 Å². The molecule has 0 aliphatic heterocycles. The predicted molar refractivity (Wildman–Crippen MR) is 123 cm³/mol. The first-order valence-corrected chi connectivity index (χ1v) is 11.9. The minimum absolute atomic E-state index is 0.0325. The van der Waals surface area contributed by atoms with Crippen LogP contribution in [0.25, 0.3) is 0 Å². The largest absolute Gasteiger partial charge is 0.416 e. The number of aryl methyl sites for hydroxylation is 1. The van der Waals surface area contributed by atoms with E-state index in [2.05, 4.69) is 5.32 Å². The van der Waals surface area contributed by atoms with Gasteiger partial charge in [-0.1, -0.05) is 35.9 Å². The fourth-order valence-electron chi connectivity index (χ4n) is 3.10. The maximum absolute atomic E-state index is 12.9. The summed E-state index contributed by atoms with van der Waals surface area (Å²) in [6.07, 6.45) is -3.47. The predicted octanol–water partition coefficient (Wildman–Crippen LogP) is 5.89. The zero-order valence-corrected chi connectivity index (χ0v) is 19.2. The Labute approximate surface area is 194 Å². The number of hydrogen-bond acceptors (Lipinski definition) is 3. The molecule has 0 saturated heterocycles. The average molecular weight is 497 g/mol. The smallest absolute Gasteiger partial charge is 0.321 e. The van der Waals surface area contributed by atoms with Gasteiger partial charge < -0.3 is 5.32 Å². The second kappa shape index (κ2) is 9.44. The zero-order valence-electron chi connectivity index (χ0n) is 17.7. The summed E-state index contributed by atoms with van der Waals surface area (Å²) >= 11 is 5.93. The summed E-state index contributed by atoms with van der Waals surface area (Å²) in [6, 6.07) is 15.8. The van der Waals surface area contributed by atoms with Crippen LogP contribution in [0, 0.1) is 6.92 Å². The van der Waals surface area contributed by atoms with Gasteiger partial charge in [0.05, 0.1) is 34.8 Å². The number of sulfonamides is 1. The Bertz CT molecular complexity index is 1280. The molecule has 1 N–H and O–H groups in total. The first kappa shape index (κ1) is 24.6. The third kappa shape index (κ3) is 6.27. The number of nitrogens with one attached hydrogen (secondary N) is 1. The van der Waals surface area contributed by atoms with E-state index in [1.807, 2.05) is 13.0 Å². The molecule has 10 heteroatoms. The van der Waals surface area contributed by atoms with Crippen molar-refractivity contribution in [2.24, 2.45) is 0 Å². The van der Waals surface area contributed by atoms with Crippen LogP contribution >= 0.6 is 11.6 Å². The average Bonchev–Trinajstić information content (AvgIpc) is 2.72. The van der Waals surface area contributed by atoms with Crippen molar-refractivity contribution in [3.63, 3.8) is 0 Å². The van der Waals surface area contributed by atoms with E-state index in [0.29, 0.717) is 11.3 Å². The van der Waals surface area contributed by atoms with Crippen molar-refractivity contribution < 1.29 is 26.4 Å². The highest BCUT2D eigenvalue weighted by Gasteiger charge is 2.31. The van der Waals surface area contributed by atoms with Crippen molar-refractivity contribution in [2.45, 2.75) is 19.6 Å². The molecule has 0 unspecified atom stereocenters. The molecule has 33 heavy (non-hydrogen) atoms. The summed E-state index contributed by atoms with van der Waals surface area (Å²) in [7, 11) is -3.57. The fraction of sp³-hybridized carbons (Fsp3) is 0.174. The molecule has 0 fully saturated rings. The van der Waals surface area contributed by atoms with Gasteiger partial charge in [-0.05, 0) is 60.5 Å². The van der Waals surface area contributed by atoms with Gasteiger partial charge in [-0.2, -0.15) is 13.2 Å². The summed E-state index contributed by atoms with van der Waals surface area (Å²) in [5, 5.41) is 2.35. The van der Waals surface area contributed by atoms with E-state index >= 15 is 0 Å². The molecular weight excluding hydrogens is 477 g/mol.